The smallest absolute Gasteiger partial charge is 0.334 e. The average molecular weight is 311 g/mol. The zero-order valence-electron chi connectivity index (χ0n) is 10.6. The third kappa shape index (κ3) is 3.48. The van der Waals surface area contributed by atoms with Crippen molar-refractivity contribution in [2.75, 3.05) is 13.1 Å². The third-order valence-electron chi connectivity index (χ3n) is 3.40. The molecule has 2 rings (SSSR count). The Balaban J connectivity index is 2.14. The zero-order chi connectivity index (χ0) is 15.8. The minimum atomic E-state index is -4.96. The van der Waals surface area contributed by atoms with Crippen molar-refractivity contribution in [2.45, 2.75) is 24.7 Å². The molecule has 8 heteroatoms. The fourth-order valence-electron chi connectivity index (χ4n) is 2.37. The van der Waals surface area contributed by atoms with Crippen LogP contribution in [0, 0.1) is 0 Å². The van der Waals surface area contributed by atoms with Crippen LogP contribution in [-0.4, -0.2) is 30.1 Å². The van der Waals surface area contributed by atoms with Crippen LogP contribution >= 0.6 is 0 Å². The Morgan fingerprint density at radius 1 is 1.14 bits per heavy atom. The van der Waals surface area contributed by atoms with Crippen LogP contribution in [0.2, 0.25) is 0 Å². The van der Waals surface area contributed by atoms with E-state index in [0.29, 0.717) is 10.5 Å². The summed E-state index contributed by atoms with van der Waals surface area (Å²) in [6.07, 6.45) is -9.25. The summed E-state index contributed by atoms with van der Waals surface area (Å²) < 4.78 is 74.7. The monoisotopic (exact) mass is 311 g/mol. The van der Waals surface area contributed by atoms with Gasteiger partial charge in [-0.1, -0.05) is 18.2 Å². The highest BCUT2D eigenvalue weighted by Gasteiger charge is 2.44. The minimum Gasteiger partial charge on any atom is -0.334 e. The SMILES string of the molecule is O=C(N1CCC(c2cccc(C(F)(F)F)c2)C1)C(F)(F)F. The van der Waals surface area contributed by atoms with Crippen molar-refractivity contribution in [1.82, 2.24) is 4.90 Å². The molecule has 0 radical (unpaired) electrons. The number of hydrogen-bond donors (Lipinski definition) is 0. The fraction of sp³-hybridized carbons (Fsp3) is 0.462. The number of amides is 1. The van der Waals surface area contributed by atoms with Gasteiger partial charge in [0.25, 0.3) is 0 Å². The second-order valence-electron chi connectivity index (χ2n) is 4.86. The summed E-state index contributed by atoms with van der Waals surface area (Å²) in [7, 11) is 0. The van der Waals surface area contributed by atoms with Crippen LogP contribution in [0.3, 0.4) is 0 Å². The van der Waals surface area contributed by atoms with Gasteiger partial charge in [0.2, 0.25) is 0 Å². The number of hydrogen-bond acceptors (Lipinski definition) is 1. The van der Waals surface area contributed by atoms with E-state index in [-0.39, 0.29) is 19.5 Å². The second-order valence-corrected chi connectivity index (χ2v) is 4.86. The lowest BCUT2D eigenvalue weighted by molar-refractivity contribution is -0.184. The normalized spacial score (nSPS) is 19.9. The largest absolute Gasteiger partial charge is 0.471 e. The number of carbonyl (C=O) groups excluding carboxylic acids is 1. The number of rotatable bonds is 1. The predicted octanol–water partition coefficient (Wildman–Crippen LogP) is 3.58. The maximum absolute atomic E-state index is 12.6. The summed E-state index contributed by atoms with van der Waals surface area (Å²) in [6.45, 7) is -0.334. The van der Waals surface area contributed by atoms with E-state index < -0.39 is 29.7 Å². The first-order chi connectivity index (χ1) is 9.59. The lowest BCUT2D eigenvalue weighted by atomic mass is 9.96. The standard InChI is InChI=1S/C13H11F6NO/c14-12(15,16)10-3-1-2-8(6-10)9-4-5-20(7-9)11(21)13(17,18)19/h1-3,6,9H,4-5,7H2. The van der Waals surface area contributed by atoms with E-state index in [1.54, 1.807) is 0 Å². The third-order valence-corrected chi connectivity index (χ3v) is 3.40. The molecule has 1 heterocycles. The molecule has 1 atom stereocenters. The number of nitrogens with zero attached hydrogens (tertiary/aromatic N) is 1. The molecule has 1 unspecified atom stereocenters. The lowest BCUT2D eigenvalue weighted by Gasteiger charge is -2.18. The Morgan fingerprint density at radius 3 is 2.38 bits per heavy atom. The molecule has 0 aliphatic carbocycles. The van der Waals surface area contributed by atoms with Gasteiger partial charge in [0.05, 0.1) is 5.56 Å². The molecule has 116 valence electrons. The molecule has 1 aliphatic rings. The van der Waals surface area contributed by atoms with Crippen molar-refractivity contribution in [3.63, 3.8) is 0 Å². The van der Waals surface area contributed by atoms with Crippen molar-refractivity contribution in [3.05, 3.63) is 35.4 Å². The van der Waals surface area contributed by atoms with E-state index in [0.717, 1.165) is 12.1 Å². The Bertz CT molecular complexity index is 536. The molecule has 1 aromatic rings. The molecule has 1 aliphatic heterocycles. The Labute approximate surface area is 116 Å². The molecule has 21 heavy (non-hydrogen) atoms. The van der Waals surface area contributed by atoms with E-state index in [1.807, 2.05) is 0 Å². The zero-order valence-corrected chi connectivity index (χ0v) is 10.6. The molecular weight excluding hydrogens is 300 g/mol. The average Bonchev–Trinajstić information content (AvgIpc) is 2.85. The van der Waals surface area contributed by atoms with E-state index in [2.05, 4.69) is 0 Å². The fourth-order valence-corrected chi connectivity index (χ4v) is 2.37. The number of alkyl halides is 6. The summed E-state index contributed by atoms with van der Waals surface area (Å²) in [4.78, 5) is 11.7. The number of benzene rings is 1. The van der Waals surface area contributed by atoms with Gasteiger partial charge in [0.1, 0.15) is 0 Å². The molecule has 0 saturated carbocycles. The summed E-state index contributed by atoms with van der Waals surface area (Å²) in [5.74, 6) is -2.46. The summed E-state index contributed by atoms with van der Waals surface area (Å²) >= 11 is 0. The summed E-state index contributed by atoms with van der Waals surface area (Å²) in [5.41, 5.74) is -0.553. The van der Waals surface area contributed by atoms with Gasteiger partial charge in [0.15, 0.2) is 0 Å². The van der Waals surface area contributed by atoms with E-state index >= 15 is 0 Å². The second kappa shape index (κ2) is 5.23. The Morgan fingerprint density at radius 2 is 1.81 bits per heavy atom. The predicted molar refractivity (Wildman–Crippen MR) is 61.4 cm³/mol. The van der Waals surface area contributed by atoms with Crippen LogP contribution in [0.4, 0.5) is 26.3 Å². The minimum absolute atomic E-state index is 0.112. The number of halogens is 6. The van der Waals surface area contributed by atoms with Crippen LogP contribution in [0.5, 0.6) is 0 Å². The van der Waals surface area contributed by atoms with Gasteiger partial charge >= 0.3 is 18.3 Å². The topological polar surface area (TPSA) is 20.3 Å². The lowest BCUT2D eigenvalue weighted by Crippen LogP contribution is -2.39. The summed E-state index contributed by atoms with van der Waals surface area (Å²) in [5, 5.41) is 0. The van der Waals surface area contributed by atoms with Crippen molar-refractivity contribution >= 4 is 5.91 Å². The van der Waals surface area contributed by atoms with Crippen LogP contribution < -0.4 is 0 Å². The molecular formula is C13H11F6NO. The molecule has 2 nitrogen and oxygen atoms in total. The van der Waals surface area contributed by atoms with Gasteiger partial charge in [-0.05, 0) is 18.1 Å². The van der Waals surface area contributed by atoms with Gasteiger partial charge < -0.3 is 4.90 Å². The van der Waals surface area contributed by atoms with Crippen LogP contribution in [-0.2, 0) is 11.0 Å². The molecule has 0 spiro atoms. The number of carbonyl (C=O) groups is 1. The van der Waals surface area contributed by atoms with Gasteiger partial charge in [-0.15, -0.1) is 0 Å². The Hall–Kier alpha value is -1.73. The van der Waals surface area contributed by atoms with Gasteiger partial charge in [-0.2, -0.15) is 26.3 Å². The van der Waals surface area contributed by atoms with E-state index in [4.69, 9.17) is 0 Å². The highest BCUT2D eigenvalue weighted by atomic mass is 19.4. The first-order valence-electron chi connectivity index (χ1n) is 6.12. The molecule has 0 N–H and O–H groups in total. The molecule has 1 amide bonds. The van der Waals surface area contributed by atoms with Crippen LogP contribution in [0.15, 0.2) is 24.3 Å². The van der Waals surface area contributed by atoms with E-state index in [9.17, 15) is 31.1 Å². The van der Waals surface area contributed by atoms with Gasteiger partial charge in [-0.25, -0.2) is 0 Å². The van der Waals surface area contributed by atoms with Crippen molar-refractivity contribution < 1.29 is 31.1 Å². The molecule has 1 saturated heterocycles. The first kappa shape index (κ1) is 15.7. The highest BCUT2D eigenvalue weighted by Crippen LogP contribution is 2.34. The molecule has 0 bridgehead atoms. The summed E-state index contributed by atoms with van der Waals surface area (Å²) in [6, 6.07) is 4.47. The Kier molecular flexibility index (Phi) is 3.90. The van der Waals surface area contributed by atoms with Crippen molar-refractivity contribution in [3.8, 4) is 0 Å². The maximum Gasteiger partial charge on any atom is 0.471 e. The molecule has 0 aromatic heterocycles. The quantitative estimate of drug-likeness (QED) is 0.726. The maximum atomic E-state index is 12.6. The van der Waals surface area contributed by atoms with Gasteiger partial charge in [-0.3, -0.25) is 4.79 Å². The molecule has 1 fully saturated rings. The van der Waals surface area contributed by atoms with Crippen LogP contribution in [0.1, 0.15) is 23.5 Å². The first-order valence-corrected chi connectivity index (χ1v) is 6.12. The number of likely N-dealkylation sites (tertiary alicyclic amines) is 1. The van der Waals surface area contributed by atoms with E-state index in [1.165, 1.54) is 12.1 Å². The van der Waals surface area contributed by atoms with Crippen molar-refractivity contribution in [2.24, 2.45) is 0 Å². The van der Waals surface area contributed by atoms with Gasteiger partial charge in [0, 0.05) is 19.0 Å². The highest BCUT2D eigenvalue weighted by molar-refractivity contribution is 5.82. The van der Waals surface area contributed by atoms with Crippen molar-refractivity contribution in [1.29, 1.82) is 0 Å². The van der Waals surface area contributed by atoms with Crippen LogP contribution in [0.25, 0.3) is 0 Å². The molecule has 1 aromatic carbocycles.